The molecule has 0 aliphatic carbocycles. The van der Waals surface area contributed by atoms with Crippen molar-refractivity contribution in [2.24, 2.45) is 5.73 Å². The first-order valence-corrected chi connectivity index (χ1v) is 7.71. The quantitative estimate of drug-likeness (QED) is 0.555. The molecule has 3 N–H and O–H groups in total. The van der Waals surface area contributed by atoms with Crippen molar-refractivity contribution in [3.63, 3.8) is 0 Å². The summed E-state index contributed by atoms with van der Waals surface area (Å²) in [5.74, 6) is -0.380. The van der Waals surface area contributed by atoms with Gasteiger partial charge in [-0.2, -0.15) is 5.10 Å². The van der Waals surface area contributed by atoms with Gasteiger partial charge in [0.2, 0.25) is 0 Å². The van der Waals surface area contributed by atoms with Gasteiger partial charge in [0.15, 0.2) is 0 Å². The first-order valence-electron chi connectivity index (χ1n) is 7.71. The molecule has 128 valence electrons. The van der Waals surface area contributed by atoms with Gasteiger partial charge in [0, 0.05) is 24.2 Å². The topological polar surface area (TPSA) is 129 Å². The molecule has 1 amide bonds. The van der Waals surface area contributed by atoms with Crippen LogP contribution in [0.3, 0.4) is 0 Å². The molecule has 1 atom stereocenters. The highest BCUT2D eigenvalue weighted by molar-refractivity contribution is 5.95. The van der Waals surface area contributed by atoms with Crippen molar-refractivity contribution < 1.29 is 9.72 Å². The van der Waals surface area contributed by atoms with Crippen molar-refractivity contribution in [1.29, 1.82) is 0 Å². The molecule has 0 bridgehead atoms. The Morgan fingerprint density at radius 3 is 2.88 bits per heavy atom. The number of benzene rings is 1. The summed E-state index contributed by atoms with van der Waals surface area (Å²) in [6.07, 6.45) is 5.37. The summed E-state index contributed by atoms with van der Waals surface area (Å²) < 4.78 is 1.28. The maximum absolute atomic E-state index is 12.3. The fourth-order valence-corrected chi connectivity index (χ4v) is 2.31. The van der Waals surface area contributed by atoms with Crippen molar-refractivity contribution in [3.8, 4) is 5.69 Å². The summed E-state index contributed by atoms with van der Waals surface area (Å²) in [6, 6.07) is 4.09. The predicted octanol–water partition coefficient (Wildman–Crippen LogP) is 1.42. The van der Waals surface area contributed by atoms with Crippen molar-refractivity contribution in [2.45, 2.75) is 32.2 Å². The van der Waals surface area contributed by atoms with Gasteiger partial charge in [-0.25, -0.2) is 9.67 Å². The van der Waals surface area contributed by atoms with E-state index in [1.165, 1.54) is 35.5 Å². The molecule has 2 rings (SSSR count). The first-order chi connectivity index (χ1) is 11.6. The number of unbranched alkanes of at least 4 members (excludes halogenated alkanes) is 1. The number of amides is 1. The van der Waals surface area contributed by atoms with Crippen LogP contribution >= 0.6 is 0 Å². The summed E-state index contributed by atoms with van der Waals surface area (Å²) in [5, 5.41) is 18.0. The third kappa shape index (κ3) is 4.13. The number of rotatable bonds is 8. The van der Waals surface area contributed by atoms with Gasteiger partial charge in [-0.3, -0.25) is 14.9 Å². The van der Waals surface area contributed by atoms with E-state index in [9.17, 15) is 14.9 Å². The average Bonchev–Trinajstić information content (AvgIpc) is 3.12. The van der Waals surface area contributed by atoms with E-state index in [0.29, 0.717) is 6.54 Å². The predicted molar refractivity (Wildman–Crippen MR) is 87.8 cm³/mol. The molecule has 9 nitrogen and oxygen atoms in total. The van der Waals surface area contributed by atoms with E-state index >= 15 is 0 Å². The van der Waals surface area contributed by atoms with Gasteiger partial charge < -0.3 is 11.1 Å². The lowest BCUT2D eigenvalue weighted by molar-refractivity contribution is -0.384. The van der Waals surface area contributed by atoms with Gasteiger partial charge in [0.05, 0.1) is 4.92 Å². The molecule has 0 saturated carbocycles. The molecule has 0 aliphatic rings. The molecular formula is C15H20N6O3. The van der Waals surface area contributed by atoms with E-state index in [0.717, 1.165) is 19.3 Å². The van der Waals surface area contributed by atoms with Crippen molar-refractivity contribution >= 4 is 11.6 Å². The number of aromatic nitrogens is 3. The molecule has 24 heavy (non-hydrogen) atoms. The Kier molecular flexibility index (Phi) is 5.96. The highest BCUT2D eigenvalue weighted by atomic mass is 16.6. The lowest BCUT2D eigenvalue weighted by Crippen LogP contribution is -2.40. The first kappa shape index (κ1) is 17.5. The van der Waals surface area contributed by atoms with Crippen LogP contribution in [-0.2, 0) is 0 Å². The number of nitrogens with one attached hydrogen (secondary N) is 1. The van der Waals surface area contributed by atoms with E-state index < -0.39 is 4.92 Å². The SMILES string of the molecule is CCCCC(CN)NC(=O)c1ccc(-n2cncn2)c([N+](=O)[O-])c1. The zero-order valence-corrected chi connectivity index (χ0v) is 13.4. The summed E-state index contributed by atoms with van der Waals surface area (Å²) in [4.78, 5) is 26.9. The fourth-order valence-electron chi connectivity index (χ4n) is 2.31. The van der Waals surface area contributed by atoms with E-state index in [1.54, 1.807) is 0 Å². The minimum atomic E-state index is -0.550. The summed E-state index contributed by atoms with van der Waals surface area (Å²) in [6.45, 7) is 2.38. The second-order valence-electron chi connectivity index (χ2n) is 5.35. The number of hydrogen-bond acceptors (Lipinski definition) is 6. The summed E-state index contributed by atoms with van der Waals surface area (Å²) in [7, 11) is 0. The van der Waals surface area contributed by atoms with Gasteiger partial charge in [-0.1, -0.05) is 19.8 Å². The average molecular weight is 332 g/mol. The van der Waals surface area contributed by atoms with E-state index in [4.69, 9.17) is 5.73 Å². The van der Waals surface area contributed by atoms with Crippen LogP contribution in [0.4, 0.5) is 5.69 Å². The largest absolute Gasteiger partial charge is 0.348 e. The zero-order valence-electron chi connectivity index (χ0n) is 13.4. The van der Waals surface area contributed by atoms with Crippen molar-refractivity contribution in [3.05, 3.63) is 46.5 Å². The molecule has 1 unspecified atom stereocenters. The van der Waals surface area contributed by atoms with Crippen LogP contribution in [0, 0.1) is 10.1 Å². The Morgan fingerprint density at radius 2 is 2.29 bits per heavy atom. The lowest BCUT2D eigenvalue weighted by atomic mass is 10.1. The van der Waals surface area contributed by atoms with Crippen LogP contribution in [0.2, 0.25) is 0 Å². The molecule has 9 heteroatoms. The van der Waals surface area contributed by atoms with Gasteiger partial charge in [-0.15, -0.1) is 0 Å². The van der Waals surface area contributed by atoms with E-state index in [1.807, 2.05) is 0 Å². The van der Waals surface area contributed by atoms with Gasteiger partial charge in [-0.05, 0) is 18.6 Å². The number of nitro groups is 1. The number of hydrogen-bond donors (Lipinski definition) is 2. The summed E-state index contributed by atoms with van der Waals surface area (Å²) >= 11 is 0. The molecule has 0 radical (unpaired) electrons. The summed E-state index contributed by atoms with van der Waals surface area (Å²) in [5.41, 5.74) is 5.90. The molecule has 0 aliphatic heterocycles. The van der Waals surface area contributed by atoms with Crippen LogP contribution in [0.25, 0.3) is 5.69 Å². The number of nitrogens with zero attached hydrogens (tertiary/aromatic N) is 4. The third-order valence-corrected chi connectivity index (χ3v) is 3.63. The third-order valence-electron chi connectivity index (χ3n) is 3.63. The second-order valence-corrected chi connectivity index (χ2v) is 5.35. The number of nitro benzene ring substituents is 1. The highest BCUT2D eigenvalue weighted by Crippen LogP contribution is 2.23. The molecule has 0 saturated heterocycles. The number of carbonyl (C=O) groups excluding carboxylic acids is 1. The molecule has 1 aromatic heterocycles. The fraction of sp³-hybridized carbons (Fsp3) is 0.400. The lowest BCUT2D eigenvalue weighted by Gasteiger charge is -2.16. The standard InChI is InChI=1S/C15H20N6O3/c1-2-3-4-12(8-16)19-15(22)11-5-6-13(14(7-11)21(23)24)20-10-17-9-18-20/h5-7,9-10,12H,2-4,8,16H2,1H3,(H,19,22). The van der Waals surface area contributed by atoms with E-state index in [-0.39, 0.29) is 28.9 Å². The molecule has 0 spiro atoms. The molecule has 0 fully saturated rings. The smallest absolute Gasteiger partial charge is 0.295 e. The minimum Gasteiger partial charge on any atom is -0.348 e. The van der Waals surface area contributed by atoms with E-state index in [2.05, 4.69) is 22.3 Å². The minimum absolute atomic E-state index is 0.147. The van der Waals surface area contributed by atoms with Gasteiger partial charge in [0.25, 0.3) is 11.6 Å². The molecular weight excluding hydrogens is 312 g/mol. The van der Waals surface area contributed by atoms with Crippen LogP contribution in [0.5, 0.6) is 0 Å². The zero-order chi connectivity index (χ0) is 17.5. The van der Waals surface area contributed by atoms with Crippen LogP contribution in [0.15, 0.2) is 30.9 Å². The van der Waals surface area contributed by atoms with Gasteiger partial charge in [0.1, 0.15) is 18.3 Å². The molecule has 1 heterocycles. The van der Waals surface area contributed by atoms with Crippen LogP contribution in [-0.4, -0.2) is 38.2 Å². The maximum atomic E-state index is 12.3. The van der Waals surface area contributed by atoms with Gasteiger partial charge >= 0.3 is 0 Å². The normalized spacial score (nSPS) is 11.9. The Balaban J connectivity index is 2.23. The van der Waals surface area contributed by atoms with Crippen LogP contribution < -0.4 is 11.1 Å². The number of nitrogens with two attached hydrogens (primary N) is 1. The monoisotopic (exact) mass is 332 g/mol. The highest BCUT2D eigenvalue weighted by Gasteiger charge is 2.20. The Bertz CT molecular complexity index is 701. The maximum Gasteiger partial charge on any atom is 0.295 e. The molecule has 1 aromatic carbocycles. The van der Waals surface area contributed by atoms with Crippen molar-refractivity contribution in [1.82, 2.24) is 20.1 Å². The van der Waals surface area contributed by atoms with Crippen molar-refractivity contribution in [2.75, 3.05) is 6.54 Å². The Morgan fingerprint density at radius 1 is 1.50 bits per heavy atom. The Hall–Kier alpha value is -2.81. The van der Waals surface area contributed by atoms with Crippen LogP contribution in [0.1, 0.15) is 36.5 Å². The Labute approximate surface area is 139 Å². The molecule has 2 aromatic rings. The second kappa shape index (κ2) is 8.16. The number of carbonyl (C=O) groups is 1.